The summed E-state index contributed by atoms with van der Waals surface area (Å²) in [4.78, 5) is 24.0. The molecule has 3 aromatic rings. The standard InChI is InChI=1S/C25H24ClFN2O6S/c1-2-3-14-34-25(31)17-4-8-19(9-5-17)28-24(30)16-35-23-13-12-21(15-22(23)26)36(32,33)29-20-10-6-18(27)7-11-20/h4-13,15,29H,2-3,14,16H2,1H3,(H,28,30). The smallest absolute Gasteiger partial charge is 0.338 e. The summed E-state index contributed by atoms with van der Waals surface area (Å²) in [7, 11) is -3.98. The molecule has 0 unspecified atom stereocenters. The molecule has 3 rings (SSSR count). The molecule has 0 aliphatic heterocycles. The van der Waals surface area contributed by atoms with Gasteiger partial charge in [-0.15, -0.1) is 0 Å². The molecule has 0 bridgehead atoms. The number of amides is 1. The van der Waals surface area contributed by atoms with E-state index in [9.17, 15) is 22.4 Å². The molecule has 36 heavy (non-hydrogen) atoms. The van der Waals surface area contributed by atoms with Crippen molar-refractivity contribution in [1.82, 2.24) is 0 Å². The van der Waals surface area contributed by atoms with Gasteiger partial charge in [-0.25, -0.2) is 17.6 Å². The van der Waals surface area contributed by atoms with Crippen molar-refractivity contribution in [2.75, 3.05) is 23.3 Å². The van der Waals surface area contributed by atoms with Crippen LogP contribution in [0.3, 0.4) is 0 Å². The van der Waals surface area contributed by atoms with E-state index in [2.05, 4.69) is 10.0 Å². The number of sulfonamides is 1. The third-order valence-corrected chi connectivity index (χ3v) is 6.48. The summed E-state index contributed by atoms with van der Waals surface area (Å²) in [5.74, 6) is -1.31. The maximum absolute atomic E-state index is 13.0. The molecule has 0 aromatic heterocycles. The number of hydrogen-bond donors (Lipinski definition) is 2. The quantitative estimate of drug-likeness (QED) is 0.256. The minimum atomic E-state index is -3.98. The zero-order valence-corrected chi connectivity index (χ0v) is 20.9. The molecule has 0 heterocycles. The average molecular weight is 535 g/mol. The van der Waals surface area contributed by atoms with Crippen LogP contribution < -0.4 is 14.8 Å². The van der Waals surface area contributed by atoms with Gasteiger partial charge in [0.05, 0.1) is 22.1 Å². The van der Waals surface area contributed by atoms with Crippen molar-refractivity contribution in [2.24, 2.45) is 0 Å². The van der Waals surface area contributed by atoms with Gasteiger partial charge in [0.15, 0.2) is 6.61 Å². The normalized spacial score (nSPS) is 11.0. The van der Waals surface area contributed by atoms with Crippen LogP contribution in [0.1, 0.15) is 30.1 Å². The molecule has 0 aliphatic rings. The Bertz CT molecular complexity index is 1320. The van der Waals surface area contributed by atoms with Crippen molar-refractivity contribution in [3.8, 4) is 5.75 Å². The fraction of sp³-hybridized carbons (Fsp3) is 0.200. The number of ether oxygens (including phenoxy) is 2. The largest absolute Gasteiger partial charge is 0.482 e. The lowest BCUT2D eigenvalue weighted by Crippen LogP contribution is -2.20. The van der Waals surface area contributed by atoms with Crippen LogP contribution in [0.2, 0.25) is 5.02 Å². The first kappa shape index (κ1) is 27.0. The van der Waals surface area contributed by atoms with Crippen molar-refractivity contribution in [3.63, 3.8) is 0 Å². The summed E-state index contributed by atoms with van der Waals surface area (Å²) in [6.45, 7) is 1.96. The van der Waals surface area contributed by atoms with Gasteiger partial charge in [0.1, 0.15) is 11.6 Å². The molecule has 0 radical (unpaired) electrons. The Balaban J connectivity index is 1.54. The van der Waals surface area contributed by atoms with E-state index in [0.29, 0.717) is 17.9 Å². The highest BCUT2D eigenvalue weighted by atomic mass is 35.5. The fourth-order valence-electron chi connectivity index (χ4n) is 2.92. The number of esters is 1. The molecule has 0 aliphatic carbocycles. The maximum atomic E-state index is 13.0. The van der Waals surface area contributed by atoms with E-state index in [0.717, 1.165) is 25.0 Å². The van der Waals surface area contributed by atoms with E-state index < -0.39 is 27.7 Å². The second-order valence-electron chi connectivity index (χ2n) is 7.61. The Hall–Kier alpha value is -3.63. The van der Waals surface area contributed by atoms with Crippen LogP contribution >= 0.6 is 11.6 Å². The summed E-state index contributed by atoms with van der Waals surface area (Å²) in [5, 5.41) is 2.61. The molecule has 1 amide bonds. The predicted octanol–water partition coefficient (Wildman–Crippen LogP) is 5.25. The van der Waals surface area contributed by atoms with Crippen molar-refractivity contribution >= 4 is 44.9 Å². The van der Waals surface area contributed by atoms with E-state index in [1.54, 1.807) is 24.3 Å². The Kier molecular flexibility index (Phi) is 9.26. The lowest BCUT2D eigenvalue weighted by molar-refractivity contribution is -0.118. The third-order valence-electron chi connectivity index (χ3n) is 4.80. The topological polar surface area (TPSA) is 111 Å². The van der Waals surface area contributed by atoms with Crippen molar-refractivity contribution in [1.29, 1.82) is 0 Å². The van der Waals surface area contributed by atoms with Gasteiger partial charge in [0.2, 0.25) is 0 Å². The van der Waals surface area contributed by atoms with E-state index in [4.69, 9.17) is 21.1 Å². The first-order valence-electron chi connectivity index (χ1n) is 11.0. The number of carbonyl (C=O) groups excluding carboxylic acids is 2. The molecule has 2 N–H and O–H groups in total. The van der Waals surface area contributed by atoms with Gasteiger partial charge in [-0.1, -0.05) is 24.9 Å². The van der Waals surface area contributed by atoms with Crippen LogP contribution in [-0.4, -0.2) is 33.5 Å². The number of benzene rings is 3. The molecule has 0 fully saturated rings. The molecule has 0 atom stereocenters. The highest BCUT2D eigenvalue weighted by Gasteiger charge is 2.17. The molecule has 0 saturated heterocycles. The Labute approximate surface area is 213 Å². The molecule has 3 aromatic carbocycles. The van der Waals surface area contributed by atoms with Gasteiger partial charge >= 0.3 is 5.97 Å². The lowest BCUT2D eigenvalue weighted by atomic mass is 10.2. The molecule has 0 saturated carbocycles. The van der Waals surface area contributed by atoms with Crippen LogP contribution in [0.25, 0.3) is 0 Å². The first-order chi connectivity index (χ1) is 17.2. The van der Waals surface area contributed by atoms with Crippen LogP contribution in [0.15, 0.2) is 71.6 Å². The zero-order chi connectivity index (χ0) is 26.1. The zero-order valence-electron chi connectivity index (χ0n) is 19.3. The van der Waals surface area contributed by atoms with Gasteiger partial charge in [0.25, 0.3) is 15.9 Å². The molecule has 190 valence electrons. The van der Waals surface area contributed by atoms with Gasteiger partial charge in [-0.05, 0) is 73.2 Å². The van der Waals surface area contributed by atoms with Crippen LogP contribution in [0, 0.1) is 5.82 Å². The Morgan fingerprint density at radius 3 is 2.28 bits per heavy atom. The molecule has 11 heteroatoms. The summed E-state index contributed by atoms with van der Waals surface area (Å²) in [6, 6.07) is 14.8. The fourth-order valence-corrected chi connectivity index (χ4v) is 4.30. The number of nitrogens with one attached hydrogen (secondary N) is 2. The number of hydrogen-bond acceptors (Lipinski definition) is 6. The van der Waals surface area contributed by atoms with Crippen molar-refractivity contribution in [2.45, 2.75) is 24.7 Å². The molecular formula is C25H24ClFN2O6S. The predicted molar refractivity (Wildman–Crippen MR) is 134 cm³/mol. The second-order valence-corrected chi connectivity index (χ2v) is 9.70. The highest BCUT2D eigenvalue weighted by Crippen LogP contribution is 2.28. The van der Waals surface area contributed by atoms with E-state index in [1.807, 2.05) is 6.92 Å². The number of anilines is 2. The number of halogens is 2. The maximum Gasteiger partial charge on any atom is 0.338 e. The first-order valence-corrected chi connectivity index (χ1v) is 12.8. The van der Waals surface area contributed by atoms with Crippen LogP contribution in [-0.2, 0) is 19.6 Å². The van der Waals surface area contributed by atoms with Gasteiger partial charge in [-0.2, -0.15) is 0 Å². The molecular weight excluding hydrogens is 511 g/mol. The number of rotatable bonds is 11. The van der Waals surface area contributed by atoms with Gasteiger partial charge in [-0.3, -0.25) is 9.52 Å². The van der Waals surface area contributed by atoms with E-state index in [1.165, 1.54) is 30.3 Å². The van der Waals surface area contributed by atoms with Crippen molar-refractivity contribution < 1.29 is 31.9 Å². The van der Waals surface area contributed by atoms with E-state index in [-0.39, 0.29) is 28.0 Å². The van der Waals surface area contributed by atoms with Crippen LogP contribution in [0.4, 0.5) is 15.8 Å². The minimum absolute atomic E-state index is 0.0179. The highest BCUT2D eigenvalue weighted by molar-refractivity contribution is 7.92. The summed E-state index contributed by atoms with van der Waals surface area (Å²) < 4.78 is 51.0. The Morgan fingerprint density at radius 1 is 0.972 bits per heavy atom. The summed E-state index contributed by atoms with van der Waals surface area (Å²) >= 11 is 6.15. The SMILES string of the molecule is CCCCOC(=O)c1ccc(NC(=O)COc2ccc(S(=O)(=O)Nc3ccc(F)cc3)cc2Cl)cc1. The molecule has 8 nitrogen and oxygen atoms in total. The molecule has 0 spiro atoms. The van der Waals surface area contributed by atoms with Gasteiger partial charge < -0.3 is 14.8 Å². The number of unbranched alkanes of at least 4 members (excludes halogenated alkanes) is 1. The third kappa shape index (κ3) is 7.69. The average Bonchev–Trinajstić information content (AvgIpc) is 2.85. The Morgan fingerprint density at radius 2 is 1.64 bits per heavy atom. The number of carbonyl (C=O) groups is 2. The minimum Gasteiger partial charge on any atom is -0.482 e. The monoisotopic (exact) mass is 534 g/mol. The van der Waals surface area contributed by atoms with Crippen LogP contribution in [0.5, 0.6) is 5.75 Å². The summed E-state index contributed by atoms with van der Waals surface area (Å²) in [5.41, 5.74) is 1.01. The van der Waals surface area contributed by atoms with E-state index >= 15 is 0 Å². The van der Waals surface area contributed by atoms with Crippen molar-refractivity contribution in [3.05, 3.63) is 83.1 Å². The van der Waals surface area contributed by atoms with Gasteiger partial charge in [0, 0.05) is 11.4 Å². The summed E-state index contributed by atoms with van der Waals surface area (Å²) in [6.07, 6.45) is 1.71. The second kappa shape index (κ2) is 12.4. The lowest BCUT2D eigenvalue weighted by Gasteiger charge is -2.12.